The minimum atomic E-state index is 0.0656. The Labute approximate surface area is 124 Å². The van der Waals surface area contributed by atoms with Crippen molar-refractivity contribution in [3.05, 3.63) is 28.2 Å². The van der Waals surface area contributed by atoms with Gasteiger partial charge in [-0.3, -0.25) is 0 Å². The molecule has 1 saturated heterocycles. The molecule has 0 aliphatic carbocycles. The Hall–Kier alpha value is -0.580. The lowest BCUT2D eigenvalue weighted by Crippen LogP contribution is -2.35. The number of nitrogens with zero attached hydrogens (tertiary/aromatic N) is 1. The number of halogens is 1. The number of methoxy groups -OCH3 is 1. The molecule has 2 N–H and O–H groups in total. The molecule has 1 aromatic carbocycles. The SMILES string of the molecule is COCC1CCN(c2ccc([C@@H](C)N)c(Br)c2)CC1. The van der Waals surface area contributed by atoms with Gasteiger partial charge in [0.1, 0.15) is 0 Å². The molecular weight excluding hydrogens is 304 g/mol. The Morgan fingerprint density at radius 2 is 2.11 bits per heavy atom. The number of ether oxygens (including phenoxy) is 1. The first-order chi connectivity index (χ1) is 9.11. The van der Waals surface area contributed by atoms with E-state index in [4.69, 9.17) is 10.5 Å². The molecule has 0 radical (unpaired) electrons. The topological polar surface area (TPSA) is 38.5 Å². The van der Waals surface area contributed by atoms with Crippen molar-refractivity contribution in [1.82, 2.24) is 0 Å². The van der Waals surface area contributed by atoms with Crippen LogP contribution in [-0.4, -0.2) is 26.8 Å². The molecule has 1 fully saturated rings. The van der Waals surface area contributed by atoms with E-state index < -0.39 is 0 Å². The van der Waals surface area contributed by atoms with Crippen LogP contribution in [-0.2, 0) is 4.74 Å². The van der Waals surface area contributed by atoms with Crippen molar-refractivity contribution in [2.45, 2.75) is 25.8 Å². The highest BCUT2D eigenvalue weighted by molar-refractivity contribution is 9.10. The van der Waals surface area contributed by atoms with Gasteiger partial charge in [-0.25, -0.2) is 0 Å². The predicted octanol–water partition coefficient (Wildman–Crippen LogP) is 3.33. The zero-order valence-electron chi connectivity index (χ0n) is 11.7. The molecule has 0 saturated carbocycles. The summed E-state index contributed by atoms with van der Waals surface area (Å²) in [5.74, 6) is 0.716. The highest BCUT2D eigenvalue weighted by Gasteiger charge is 2.19. The summed E-state index contributed by atoms with van der Waals surface area (Å²) in [6, 6.07) is 6.57. The summed E-state index contributed by atoms with van der Waals surface area (Å²) in [7, 11) is 1.79. The van der Waals surface area contributed by atoms with E-state index in [0.717, 1.165) is 29.7 Å². The highest BCUT2D eigenvalue weighted by Crippen LogP contribution is 2.29. The van der Waals surface area contributed by atoms with Crippen LogP contribution in [0, 0.1) is 5.92 Å². The van der Waals surface area contributed by atoms with Gasteiger partial charge in [-0.2, -0.15) is 0 Å². The van der Waals surface area contributed by atoms with Gasteiger partial charge < -0.3 is 15.4 Å². The molecule has 0 aromatic heterocycles. The van der Waals surface area contributed by atoms with Crippen molar-refractivity contribution in [1.29, 1.82) is 0 Å². The minimum absolute atomic E-state index is 0.0656. The van der Waals surface area contributed by atoms with Gasteiger partial charge in [0.05, 0.1) is 0 Å². The molecule has 0 unspecified atom stereocenters. The highest BCUT2D eigenvalue weighted by atomic mass is 79.9. The average Bonchev–Trinajstić information content (AvgIpc) is 2.39. The lowest BCUT2D eigenvalue weighted by Gasteiger charge is -2.33. The quantitative estimate of drug-likeness (QED) is 0.922. The molecule has 1 aliphatic heterocycles. The molecule has 0 bridgehead atoms. The fraction of sp³-hybridized carbons (Fsp3) is 0.600. The molecule has 1 aromatic rings. The standard InChI is InChI=1S/C15H23BrN2O/c1-11(17)14-4-3-13(9-15(14)16)18-7-5-12(6-8-18)10-19-2/h3-4,9,11-12H,5-8,10,17H2,1-2H3/t11-/m1/s1. The summed E-state index contributed by atoms with van der Waals surface area (Å²) in [6.45, 7) is 5.12. The number of benzene rings is 1. The lowest BCUT2D eigenvalue weighted by molar-refractivity contribution is 0.139. The van der Waals surface area contributed by atoms with E-state index in [2.05, 4.69) is 39.0 Å². The van der Waals surface area contributed by atoms with Crippen LogP contribution in [0.25, 0.3) is 0 Å². The van der Waals surface area contributed by atoms with Gasteiger partial charge in [0.2, 0.25) is 0 Å². The minimum Gasteiger partial charge on any atom is -0.384 e. The van der Waals surface area contributed by atoms with E-state index in [1.54, 1.807) is 7.11 Å². The molecule has 1 aliphatic rings. The van der Waals surface area contributed by atoms with Gasteiger partial charge >= 0.3 is 0 Å². The molecule has 19 heavy (non-hydrogen) atoms. The summed E-state index contributed by atoms with van der Waals surface area (Å²) in [4.78, 5) is 2.45. The summed E-state index contributed by atoms with van der Waals surface area (Å²) in [6.07, 6.45) is 2.42. The maximum Gasteiger partial charge on any atom is 0.0491 e. The average molecular weight is 327 g/mol. The Morgan fingerprint density at radius 3 is 2.63 bits per heavy atom. The third-order valence-corrected chi connectivity index (χ3v) is 4.54. The first-order valence-electron chi connectivity index (χ1n) is 6.90. The number of hydrogen-bond acceptors (Lipinski definition) is 3. The van der Waals surface area contributed by atoms with Gasteiger partial charge in [0.25, 0.3) is 0 Å². The predicted molar refractivity (Wildman–Crippen MR) is 83.6 cm³/mol. The van der Waals surface area contributed by atoms with Gasteiger partial charge in [-0.1, -0.05) is 22.0 Å². The maximum absolute atomic E-state index is 5.94. The van der Waals surface area contributed by atoms with E-state index in [9.17, 15) is 0 Å². The fourth-order valence-electron chi connectivity index (χ4n) is 2.68. The van der Waals surface area contributed by atoms with Crippen molar-refractivity contribution in [3.8, 4) is 0 Å². The van der Waals surface area contributed by atoms with Crippen LogP contribution in [0.15, 0.2) is 22.7 Å². The summed E-state index contributed by atoms with van der Waals surface area (Å²) >= 11 is 3.62. The third kappa shape index (κ3) is 3.71. The third-order valence-electron chi connectivity index (χ3n) is 3.86. The summed E-state index contributed by atoms with van der Waals surface area (Å²) in [5, 5.41) is 0. The first kappa shape index (κ1) is 14.8. The van der Waals surface area contributed by atoms with E-state index in [0.29, 0.717) is 5.92 Å². The normalized spacial score (nSPS) is 18.6. The van der Waals surface area contributed by atoms with Crippen LogP contribution in [0.4, 0.5) is 5.69 Å². The second kappa shape index (κ2) is 6.73. The second-order valence-electron chi connectivity index (χ2n) is 5.38. The van der Waals surface area contributed by atoms with E-state index in [1.807, 2.05) is 6.92 Å². The molecule has 106 valence electrons. The Kier molecular flexibility index (Phi) is 5.25. The smallest absolute Gasteiger partial charge is 0.0491 e. The number of hydrogen-bond donors (Lipinski definition) is 1. The largest absolute Gasteiger partial charge is 0.384 e. The Balaban J connectivity index is 2.02. The Morgan fingerprint density at radius 1 is 1.42 bits per heavy atom. The second-order valence-corrected chi connectivity index (χ2v) is 6.23. The number of rotatable bonds is 4. The maximum atomic E-state index is 5.94. The van der Waals surface area contributed by atoms with Crippen LogP contribution in [0.5, 0.6) is 0 Å². The number of piperidine rings is 1. The van der Waals surface area contributed by atoms with Gasteiger partial charge in [0.15, 0.2) is 0 Å². The summed E-state index contributed by atoms with van der Waals surface area (Å²) < 4.78 is 6.35. The van der Waals surface area contributed by atoms with Crippen LogP contribution < -0.4 is 10.6 Å². The van der Waals surface area contributed by atoms with Crippen LogP contribution in [0.1, 0.15) is 31.4 Å². The van der Waals surface area contributed by atoms with Crippen molar-refractivity contribution >= 4 is 21.6 Å². The molecule has 2 rings (SSSR count). The van der Waals surface area contributed by atoms with Crippen LogP contribution >= 0.6 is 15.9 Å². The molecule has 0 spiro atoms. The Bertz CT molecular complexity index is 415. The fourth-order valence-corrected chi connectivity index (χ4v) is 3.40. The van der Waals surface area contributed by atoms with Crippen molar-refractivity contribution in [2.75, 3.05) is 31.7 Å². The lowest BCUT2D eigenvalue weighted by atomic mass is 9.97. The van der Waals surface area contributed by atoms with Gasteiger partial charge in [-0.15, -0.1) is 0 Å². The molecule has 1 atom stereocenters. The number of anilines is 1. The van der Waals surface area contributed by atoms with Crippen molar-refractivity contribution in [3.63, 3.8) is 0 Å². The van der Waals surface area contributed by atoms with Crippen LogP contribution in [0.3, 0.4) is 0 Å². The van der Waals surface area contributed by atoms with E-state index >= 15 is 0 Å². The van der Waals surface area contributed by atoms with Gasteiger partial charge in [-0.05, 0) is 43.4 Å². The summed E-state index contributed by atoms with van der Waals surface area (Å²) in [5.41, 5.74) is 8.39. The molecule has 1 heterocycles. The van der Waals surface area contributed by atoms with Crippen LogP contribution in [0.2, 0.25) is 0 Å². The zero-order chi connectivity index (χ0) is 13.8. The molecule has 3 nitrogen and oxygen atoms in total. The van der Waals surface area contributed by atoms with E-state index in [-0.39, 0.29) is 6.04 Å². The van der Waals surface area contributed by atoms with Crippen molar-refractivity contribution in [2.24, 2.45) is 11.7 Å². The van der Waals surface area contributed by atoms with Gasteiger partial charge in [0, 0.05) is 43.0 Å². The monoisotopic (exact) mass is 326 g/mol. The zero-order valence-corrected chi connectivity index (χ0v) is 13.3. The number of nitrogens with two attached hydrogens (primary N) is 1. The first-order valence-corrected chi connectivity index (χ1v) is 7.70. The van der Waals surface area contributed by atoms with E-state index in [1.165, 1.54) is 18.5 Å². The molecular formula is C15H23BrN2O. The van der Waals surface area contributed by atoms with Crippen molar-refractivity contribution < 1.29 is 4.74 Å². The molecule has 4 heteroatoms. The molecule has 0 amide bonds.